The van der Waals surface area contributed by atoms with Crippen LogP contribution in [0.15, 0.2) is 42.5 Å². The first kappa shape index (κ1) is 17.8. The van der Waals surface area contributed by atoms with Gasteiger partial charge in [-0.3, -0.25) is 14.8 Å². The van der Waals surface area contributed by atoms with Crippen molar-refractivity contribution in [3.63, 3.8) is 0 Å². The standard InChI is InChI=1S/C17H10ClF3N2O3/c1-9-14(10-5-3-2-4-6-10)16(17(18)23-22-9)15-12(25-20)7-11(24-19)8-13(15)26-21/h2-8H,1H3. The van der Waals surface area contributed by atoms with Crippen molar-refractivity contribution >= 4 is 11.6 Å². The lowest BCUT2D eigenvalue weighted by Crippen LogP contribution is -2.00. The number of nitrogens with zero attached hydrogens (tertiary/aromatic N) is 2. The molecule has 26 heavy (non-hydrogen) atoms. The molecular weight excluding hydrogens is 373 g/mol. The molecule has 0 aliphatic carbocycles. The third-order valence-corrected chi connectivity index (χ3v) is 3.98. The summed E-state index contributed by atoms with van der Waals surface area (Å²) in [4.78, 5) is 11.0. The number of halogens is 4. The predicted octanol–water partition coefficient (Wildman–Crippen LogP) is 5.56. The van der Waals surface area contributed by atoms with Crippen LogP contribution < -0.4 is 14.8 Å². The highest BCUT2D eigenvalue weighted by Gasteiger charge is 2.26. The Labute approximate surface area is 150 Å². The normalized spacial score (nSPS) is 10.5. The van der Waals surface area contributed by atoms with Gasteiger partial charge in [0.25, 0.3) is 0 Å². The van der Waals surface area contributed by atoms with E-state index in [1.165, 1.54) is 0 Å². The molecule has 3 rings (SSSR count). The van der Waals surface area contributed by atoms with Crippen LogP contribution >= 0.6 is 11.6 Å². The third-order valence-electron chi connectivity index (χ3n) is 3.71. The summed E-state index contributed by atoms with van der Waals surface area (Å²) in [6.07, 6.45) is 0. The molecule has 0 saturated carbocycles. The van der Waals surface area contributed by atoms with Gasteiger partial charge in [-0.05, 0) is 12.5 Å². The summed E-state index contributed by atoms with van der Waals surface area (Å²) < 4.78 is 38.7. The van der Waals surface area contributed by atoms with Gasteiger partial charge in [-0.1, -0.05) is 41.9 Å². The molecule has 5 nitrogen and oxygen atoms in total. The van der Waals surface area contributed by atoms with Crippen LogP contribution in [0.5, 0.6) is 17.2 Å². The largest absolute Gasteiger partial charge is 0.294 e. The zero-order valence-corrected chi connectivity index (χ0v) is 13.9. The summed E-state index contributed by atoms with van der Waals surface area (Å²) in [5.74, 6) is -1.66. The first-order chi connectivity index (χ1) is 12.6. The fourth-order valence-corrected chi connectivity index (χ4v) is 2.89. The van der Waals surface area contributed by atoms with Gasteiger partial charge in [0.15, 0.2) is 22.4 Å². The summed E-state index contributed by atoms with van der Waals surface area (Å²) in [6.45, 7) is 1.65. The van der Waals surface area contributed by atoms with E-state index < -0.39 is 17.2 Å². The molecule has 2 aromatic carbocycles. The summed E-state index contributed by atoms with van der Waals surface area (Å²) >= 11 is 6.18. The number of aryl methyl sites for hydroxylation is 1. The molecule has 0 unspecified atom stereocenters. The van der Waals surface area contributed by atoms with Crippen molar-refractivity contribution in [1.82, 2.24) is 10.2 Å². The monoisotopic (exact) mass is 382 g/mol. The zero-order valence-electron chi connectivity index (χ0n) is 13.2. The van der Waals surface area contributed by atoms with Crippen molar-refractivity contribution < 1.29 is 28.4 Å². The minimum atomic E-state index is -0.570. The van der Waals surface area contributed by atoms with Crippen LogP contribution in [0, 0.1) is 6.92 Å². The van der Waals surface area contributed by atoms with E-state index in [-0.39, 0.29) is 16.3 Å². The highest BCUT2D eigenvalue weighted by molar-refractivity contribution is 6.33. The van der Waals surface area contributed by atoms with E-state index in [1.54, 1.807) is 37.3 Å². The Morgan fingerprint density at radius 2 is 1.42 bits per heavy atom. The van der Waals surface area contributed by atoms with Crippen molar-refractivity contribution in [2.24, 2.45) is 0 Å². The Balaban J connectivity index is 2.40. The smallest absolute Gasteiger partial charge is 0.187 e. The molecule has 134 valence electrons. The van der Waals surface area contributed by atoms with Crippen LogP contribution in [0.1, 0.15) is 5.69 Å². The lowest BCUT2D eigenvalue weighted by Gasteiger charge is -2.16. The molecule has 0 aliphatic heterocycles. The Morgan fingerprint density at radius 3 is 1.96 bits per heavy atom. The SMILES string of the molecule is Cc1nnc(Cl)c(-c2c(OF)cc(OF)cc2OF)c1-c1ccccc1. The number of hydrogen-bond donors (Lipinski definition) is 0. The summed E-state index contributed by atoms with van der Waals surface area (Å²) in [6, 6.07) is 10.6. The van der Waals surface area contributed by atoms with E-state index in [1.807, 2.05) is 0 Å². The van der Waals surface area contributed by atoms with Crippen molar-refractivity contribution in [2.75, 3.05) is 0 Å². The van der Waals surface area contributed by atoms with Crippen LogP contribution in [-0.4, -0.2) is 10.2 Å². The second kappa shape index (κ2) is 7.49. The van der Waals surface area contributed by atoms with Gasteiger partial charge in [-0.2, -0.15) is 5.10 Å². The molecule has 1 heterocycles. The predicted molar refractivity (Wildman–Crippen MR) is 87.9 cm³/mol. The van der Waals surface area contributed by atoms with Gasteiger partial charge >= 0.3 is 0 Å². The highest BCUT2D eigenvalue weighted by Crippen LogP contribution is 2.48. The molecule has 0 saturated heterocycles. The molecule has 0 fully saturated rings. The van der Waals surface area contributed by atoms with Crippen LogP contribution in [-0.2, 0) is 0 Å². The van der Waals surface area contributed by atoms with Crippen LogP contribution in [0.2, 0.25) is 5.15 Å². The Kier molecular flexibility index (Phi) is 5.13. The molecule has 0 atom stereocenters. The maximum atomic E-state index is 13.1. The van der Waals surface area contributed by atoms with Crippen LogP contribution in [0.4, 0.5) is 13.6 Å². The molecule has 0 amide bonds. The van der Waals surface area contributed by atoms with Gasteiger partial charge < -0.3 is 0 Å². The molecule has 0 aliphatic rings. The highest BCUT2D eigenvalue weighted by atomic mass is 35.5. The first-order valence-corrected chi connectivity index (χ1v) is 7.60. The second-order valence-corrected chi connectivity index (χ2v) is 5.58. The molecule has 0 N–H and O–H groups in total. The van der Waals surface area contributed by atoms with Gasteiger partial charge in [-0.25, -0.2) is 0 Å². The van der Waals surface area contributed by atoms with E-state index in [2.05, 4.69) is 25.0 Å². The van der Waals surface area contributed by atoms with Gasteiger partial charge in [-0.15, -0.1) is 5.10 Å². The average molecular weight is 383 g/mol. The van der Waals surface area contributed by atoms with Gasteiger partial charge in [0.2, 0.25) is 0 Å². The van der Waals surface area contributed by atoms with Crippen LogP contribution in [0.25, 0.3) is 22.3 Å². The van der Waals surface area contributed by atoms with Gasteiger partial charge in [0.05, 0.1) is 11.3 Å². The van der Waals surface area contributed by atoms with Crippen molar-refractivity contribution in [2.45, 2.75) is 6.92 Å². The van der Waals surface area contributed by atoms with E-state index in [9.17, 15) is 13.6 Å². The van der Waals surface area contributed by atoms with E-state index in [0.717, 1.165) is 12.1 Å². The minimum absolute atomic E-state index is 0.107. The lowest BCUT2D eigenvalue weighted by atomic mass is 9.94. The zero-order chi connectivity index (χ0) is 18.7. The lowest BCUT2D eigenvalue weighted by molar-refractivity contribution is -0.0233. The summed E-state index contributed by atoms with van der Waals surface area (Å²) in [7, 11) is 0. The van der Waals surface area contributed by atoms with Crippen molar-refractivity contribution in [3.8, 4) is 39.5 Å². The maximum Gasteiger partial charge on any atom is 0.187 e. The topological polar surface area (TPSA) is 53.5 Å². The molecular formula is C17H10ClF3N2O3. The van der Waals surface area contributed by atoms with E-state index in [4.69, 9.17) is 11.6 Å². The van der Waals surface area contributed by atoms with Gasteiger partial charge in [0.1, 0.15) is 0 Å². The minimum Gasteiger partial charge on any atom is -0.294 e. The Morgan fingerprint density at radius 1 is 0.808 bits per heavy atom. The molecule has 0 radical (unpaired) electrons. The van der Waals surface area contributed by atoms with Crippen molar-refractivity contribution in [3.05, 3.63) is 53.3 Å². The van der Waals surface area contributed by atoms with E-state index >= 15 is 0 Å². The number of aromatic nitrogens is 2. The quantitative estimate of drug-likeness (QED) is 0.578. The Hall–Kier alpha value is -3.00. The molecule has 3 aromatic rings. The van der Waals surface area contributed by atoms with Crippen LogP contribution in [0.3, 0.4) is 0 Å². The molecule has 1 aromatic heterocycles. The second-order valence-electron chi connectivity index (χ2n) is 5.22. The van der Waals surface area contributed by atoms with Gasteiger partial charge in [0, 0.05) is 36.8 Å². The summed E-state index contributed by atoms with van der Waals surface area (Å²) in [5.41, 5.74) is 1.46. The third kappa shape index (κ3) is 3.11. The number of rotatable bonds is 5. The fourth-order valence-electron chi connectivity index (χ4n) is 2.67. The Bertz CT molecular complexity index is 917. The fraction of sp³-hybridized carbons (Fsp3) is 0.0588. The van der Waals surface area contributed by atoms with Crippen molar-refractivity contribution in [1.29, 1.82) is 0 Å². The molecule has 9 heteroatoms. The molecule has 0 bridgehead atoms. The molecule has 0 spiro atoms. The number of hydrogen-bond acceptors (Lipinski definition) is 5. The summed E-state index contributed by atoms with van der Waals surface area (Å²) in [5, 5.41) is 7.59. The number of benzene rings is 2. The first-order valence-electron chi connectivity index (χ1n) is 7.23. The maximum absolute atomic E-state index is 13.1. The van der Waals surface area contributed by atoms with E-state index in [0.29, 0.717) is 16.8 Å². The average Bonchev–Trinajstić information content (AvgIpc) is 2.69.